The zero-order chi connectivity index (χ0) is 23.5. The van der Waals surface area contributed by atoms with Gasteiger partial charge < -0.3 is 0 Å². The Balaban J connectivity index is 1.93. The molecule has 0 bridgehead atoms. The molecule has 0 unspecified atom stereocenters. The molecule has 2 atom stereocenters. The van der Waals surface area contributed by atoms with Crippen LogP contribution in [0.3, 0.4) is 0 Å². The Morgan fingerprint density at radius 1 is 0.812 bits per heavy atom. The number of rotatable bonds is 3. The van der Waals surface area contributed by atoms with Crippen LogP contribution in [-0.4, -0.2) is 11.6 Å². The van der Waals surface area contributed by atoms with Gasteiger partial charge in [0, 0.05) is 38.4 Å². The van der Waals surface area contributed by atoms with Crippen LogP contribution in [0.1, 0.15) is 63.4 Å². The molecule has 2 aromatic rings. The van der Waals surface area contributed by atoms with Crippen molar-refractivity contribution in [1.29, 1.82) is 0 Å². The molecule has 1 saturated carbocycles. The van der Waals surface area contributed by atoms with E-state index in [-0.39, 0.29) is 34.2 Å². The van der Waals surface area contributed by atoms with Gasteiger partial charge in [-0.15, -0.1) is 0 Å². The Hall–Kier alpha value is -2.26. The van der Waals surface area contributed by atoms with Gasteiger partial charge in [-0.2, -0.15) is 0 Å². The lowest BCUT2D eigenvalue weighted by atomic mass is 9.69. The summed E-state index contributed by atoms with van der Waals surface area (Å²) in [6.07, 6.45) is 4.26. The molecule has 0 N–H and O–H groups in total. The van der Waals surface area contributed by atoms with Gasteiger partial charge in [0.1, 0.15) is 0 Å². The first-order valence-corrected chi connectivity index (χ1v) is 12.0. The van der Waals surface area contributed by atoms with E-state index < -0.39 is 5.41 Å². The highest BCUT2D eigenvalue weighted by molar-refractivity contribution is 9.10. The first-order valence-electron chi connectivity index (χ1n) is 11.2. The van der Waals surface area contributed by atoms with E-state index in [0.717, 1.165) is 26.7 Å². The van der Waals surface area contributed by atoms with Crippen LogP contribution in [0.2, 0.25) is 0 Å². The Morgan fingerprint density at radius 3 is 1.78 bits per heavy atom. The topological polar surface area (TPSA) is 34.1 Å². The molecule has 2 nitrogen and oxygen atoms in total. The highest BCUT2D eigenvalue weighted by atomic mass is 79.9. The Kier molecular flexibility index (Phi) is 5.48. The van der Waals surface area contributed by atoms with Gasteiger partial charge in [-0.25, -0.2) is 0 Å². The van der Waals surface area contributed by atoms with E-state index in [1.165, 1.54) is 0 Å². The molecule has 3 heteroatoms. The lowest BCUT2D eigenvalue weighted by molar-refractivity contribution is -0.114. The van der Waals surface area contributed by atoms with Crippen molar-refractivity contribution in [2.24, 2.45) is 22.2 Å². The van der Waals surface area contributed by atoms with E-state index in [4.69, 9.17) is 0 Å². The average molecular weight is 491 g/mol. The molecule has 2 aromatic carbocycles. The van der Waals surface area contributed by atoms with Crippen molar-refractivity contribution in [2.75, 3.05) is 0 Å². The second-order valence-corrected chi connectivity index (χ2v) is 12.1. The van der Waals surface area contributed by atoms with E-state index in [1.807, 2.05) is 42.5 Å². The summed E-state index contributed by atoms with van der Waals surface area (Å²) >= 11 is 3.53. The summed E-state index contributed by atoms with van der Waals surface area (Å²) in [6, 6.07) is 17.8. The van der Waals surface area contributed by atoms with Gasteiger partial charge in [-0.3, -0.25) is 9.59 Å². The molecule has 0 amide bonds. The average Bonchev–Trinajstić information content (AvgIpc) is 3.35. The van der Waals surface area contributed by atoms with Crippen LogP contribution in [0.5, 0.6) is 0 Å². The number of carbonyl (C=O) groups is 2. The van der Waals surface area contributed by atoms with Crippen molar-refractivity contribution in [3.63, 3.8) is 0 Å². The van der Waals surface area contributed by atoms with Crippen molar-refractivity contribution in [2.45, 2.75) is 47.5 Å². The van der Waals surface area contributed by atoms with Crippen LogP contribution in [0.4, 0.5) is 0 Å². The Bertz CT molecular complexity index is 1090. The molecule has 0 heterocycles. The van der Waals surface area contributed by atoms with Crippen LogP contribution in [-0.2, 0) is 4.79 Å². The third-order valence-electron chi connectivity index (χ3n) is 6.77. The third-order valence-corrected chi connectivity index (χ3v) is 7.29. The van der Waals surface area contributed by atoms with E-state index in [2.05, 4.69) is 81.8 Å². The molecule has 0 saturated heterocycles. The smallest absolute Gasteiger partial charge is 0.185 e. The fourth-order valence-electron chi connectivity index (χ4n) is 5.03. The fourth-order valence-corrected chi connectivity index (χ4v) is 5.29. The normalized spacial score (nSPS) is 22.4. The summed E-state index contributed by atoms with van der Waals surface area (Å²) in [4.78, 5) is 27.3. The fraction of sp³-hybridized carbons (Fsp3) is 0.379. The standard InChI is InChI=1S/C29H31BrO2/c1-27(2,3)21-16-29(17-22(26(21)32)28(4,5)6)23(18-12-14-20(30)15-13-18)24(29)25(31)19-10-8-7-9-11-19/h7-17,23-24H,1-6H3/t23-,24+/m1/s1. The van der Waals surface area contributed by atoms with Crippen molar-refractivity contribution in [3.05, 3.63) is 93.5 Å². The van der Waals surface area contributed by atoms with Crippen molar-refractivity contribution < 1.29 is 9.59 Å². The molecule has 0 aromatic heterocycles. The number of ketones is 2. The minimum atomic E-state index is -0.486. The zero-order valence-electron chi connectivity index (χ0n) is 19.7. The van der Waals surface area contributed by atoms with Gasteiger partial charge in [0.2, 0.25) is 0 Å². The van der Waals surface area contributed by atoms with E-state index in [9.17, 15) is 9.59 Å². The molecule has 166 valence electrons. The van der Waals surface area contributed by atoms with E-state index in [1.54, 1.807) is 0 Å². The quantitative estimate of drug-likeness (QED) is 0.415. The minimum absolute atomic E-state index is 0.00565. The molecule has 2 aliphatic rings. The van der Waals surface area contributed by atoms with Gasteiger partial charge in [0.05, 0.1) is 0 Å². The lowest BCUT2D eigenvalue weighted by Gasteiger charge is -2.34. The Labute approximate surface area is 199 Å². The summed E-state index contributed by atoms with van der Waals surface area (Å²) in [5.74, 6) is 0.0323. The van der Waals surface area contributed by atoms with Crippen molar-refractivity contribution >= 4 is 27.5 Å². The van der Waals surface area contributed by atoms with Gasteiger partial charge in [0.15, 0.2) is 11.6 Å². The molecule has 1 fully saturated rings. The van der Waals surface area contributed by atoms with Gasteiger partial charge in [0.25, 0.3) is 0 Å². The SMILES string of the molecule is CC(C)(C)C1=CC2(C=C(C(C)(C)C)C1=O)[C@H](C(=O)c1ccccc1)[C@H]2c1ccc(Br)cc1. The van der Waals surface area contributed by atoms with Gasteiger partial charge in [-0.1, -0.05) is 112 Å². The van der Waals surface area contributed by atoms with Crippen LogP contribution in [0.25, 0.3) is 0 Å². The molecule has 4 rings (SSSR count). The van der Waals surface area contributed by atoms with Crippen LogP contribution in [0, 0.1) is 22.2 Å². The monoisotopic (exact) mass is 490 g/mol. The number of carbonyl (C=O) groups excluding carboxylic acids is 2. The second kappa shape index (κ2) is 7.66. The summed E-state index contributed by atoms with van der Waals surface area (Å²) in [5.41, 5.74) is 2.39. The van der Waals surface area contributed by atoms with Crippen molar-refractivity contribution in [1.82, 2.24) is 0 Å². The zero-order valence-corrected chi connectivity index (χ0v) is 21.3. The number of hydrogen-bond donors (Lipinski definition) is 0. The second-order valence-electron chi connectivity index (χ2n) is 11.2. The molecule has 0 aliphatic heterocycles. The molecule has 2 aliphatic carbocycles. The summed E-state index contributed by atoms with van der Waals surface area (Å²) in [5, 5.41) is 0. The lowest BCUT2D eigenvalue weighted by Crippen LogP contribution is -2.31. The van der Waals surface area contributed by atoms with Crippen LogP contribution in [0.15, 0.2) is 82.4 Å². The summed E-state index contributed by atoms with van der Waals surface area (Å²) < 4.78 is 1.01. The van der Waals surface area contributed by atoms with E-state index >= 15 is 0 Å². The number of benzene rings is 2. The molecule has 32 heavy (non-hydrogen) atoms. The van der Waals surface area contributed by atoms with E-state index in [0.29, 0.717) is 0 Å². The predicted molar refractivity (Wildman–Crippen MR) is 134 cm³/mol. The summed E-state index contributed by atoms with van der Waals surface area (Å²) in [6.45, 7) is 12.5. The Morgan fingerprint density at radius 2 is 1.31 bits per heavy atom. The van der Waals surface area contributed by atoms with Crippen molar-refractivity contribution in [3.8, 4) is 0 Å². The molecular weight excluding hydrogens is 460 g/mol. The highest BCUT2D eigenvalue weighted by Gasteiger charge is 2.67. The number of hydrogen-bond acceptors (Lipinski definition) is 2. The van der Waals surface area contributed by atoms with Gasteiger partial charge in [-0.05, 0) is 28.5 Å². The maximum Gasteiger partial charge on any atom is 0.185 e. The molecular formula is C29H31BrO2. The predicted octanol–water partition coefficient (Wildman–Crippen LogP) is 7.56. The highest BCUT2D eigenvalue weighted by Crippen LogP contribution is 2.70. The maximum absolute atomic E-state index is 13.8. The first-order chi connectivity index (χ1) is 14.9. The number of halogens is 1. The molecule has 1 spiro atoms. The summed E-state index contributed by atoms with van der Waals surface area (Å²) in [7, 11) is 0. The number of Topliss-reactive ketones (excluding diaryl/α,β-unsaturated/α-hetero) is 2. The van der Waals surface area contributed by atoms with Crippen LogP contribution < -0.4 is 0 Å². The first kappa shape index (κ1) is 22.9. The minimum Gasteiger partial charge on any atom is -0.294 e. The molecule has 0 radical (unpaired) electrons. The van der Waals surface area contributed by atoms with Gasteiger partial charge >= 0.3 is 0 Å². The number of allylic oxidation sites excluding steroid dienone is 4. The third kappa shape index (κ3) is 3.85. The maximum atomic E-state index is 13.8. The van der Waals surface area contributed by atoms with Crippen LogP contribution >= 0.6 is 15.9 Å². The largest absolute Gasteiger partial charge is 0.294 e.